The third kappa shape index (κ3) is 5.16. The number of amides is 1. The summed E-state index contributed by atoms with van der Waals surface area (Å²) in [5.74, 6) is 0.685. The van der Waals surface area contributed by atoms with E-state index < -0.39 is 0 Å². The maximum absolute atomic E-state index is 13.5. The molecule has 0 bridgehead atoms. The topological polar surface area (TPSA) is 76.6 Å². The summed E-state index contributed by atoms with van der Waals surface area (Å²) in [6.45, 7) is 3.48. The molecular weight excluding hydrogens is 440 g/mol. The molecule has 0 radical (unpaired) electrons. The van der Waals surface area contributed by atoms with E-state index in [1.807, 2.05) is 54.6 Å². The minimum absolute atomic E-state index is 0.0275. The number of morpholine rings is 1. The van der Waals surface area contributed by atoms with Crippen molar-refractivity contribution in [1.29, 1.82) is 0 Å². The van der Waals surface area contributed by atoms with Gasteiger partial charge in [-0.2, -0.15) is 0 Å². The lowest BCUT2D eigenvalue weighted by Gasteiger charge is -2.35. The van der Waals surface area contributed by atoms with Crippen molar-refractivity contribution in [2.75, 3.05) is 40.0 Å². The Kier molecular flexibility index (Phi) is 6.97. The summed E-state index contributed by atoms with van der Waals surface area (Å²) in [6.07, 6.45) is 3.49. The van der Waals surface area contributed by atoms with E-state index in [4.69, 9.17) is 14.5 Å². The molecule has 0 saturated carbocycles. The van der Waals surface area contributed by atoms with E-state index in [0.717, 1.165) is 46.6 Å². The number of aromatic nitrogens is 2. The van der Waals surface area contributed by atoms with Gasteiger partial charge in [-0.05, 0) is 42.0 Å². The second-order valence-electron chi connectivity index (χ2n) is 8.46. The summed E-state index contributed by atoms with van der Waals surface area (Å²) in [7, 11) is 1.66. The van der Waals surface area contributed by atoms with E-state index in [1.54, 1.807) is 19.5 Å². The molecule has 5 rings (SSSR count). The molecule has 1 saturated heterocycles. The third-order valence-corrected chi connectivity index (χ3v) is 6.36. The zero-order valence-corrected chi connectivity index (χ0v) is 19.7. The second-order valence-corrected chi connectivity index (χ2v) is 8.46. The molecule has 35 heavy (non-hydrogen) atoms. The van der Waals surface area contributed by atoms with Gasteiger partial charge in [0, 0.05) is 43.0 Å². The lowest BCUT2D eigenvalue weighted by molar-refractivity contribution is 0.0162. The van der Waals surface area contributed by atoms with Crippen molar-refractivity contribution < 1.29 is 14.3 Å². The number of hydrogen-bond acceptors (Lipinski definition) is 6. The van der Waals surface area contributed by atoms with Gasteiger partial charge in [0.25, 0.3) is 5.91 Å². The Hall–Kier alpha value is -3.81. The first-order valence-electron chi connectivity index (χ1n) is 11.8. The monoisotopic (exact) mass is 468 g/mol. The second kappa shape index (κ2) is 10.6. The molecule has 0 spiro atoms. The number of benzene rings is 2. The van der Waals surface area contributed by atoms with E-state index in [0.29, 0.717) is 25.3 Å². The van der Waals surface area contributed by atoms with Gasteiger partial charge in [-0.15, -0.1) is 0 Å². The van der Waals surface area contributed by atoms with Crippen LogP contribution in [0.3, 0.4) is 0 Å². The molecule has 0 aliphatic carbocycles. The summed E-state index contributed by atoms with van der Waals surface area (Å²) in [6, 6.07) is 21.5. The van der Waals surface area contributed by atoms with E-state index in [1.165, 1.54) is 0 Å². The fourth-order valence-electron chi connectivity index (χ4n) is 4.48. The van der Waals surface area contributed by atoms with E-state index in [9.17, 15) is 4.79 Å². The zero-order chi connectivity index (χ0) is 24.0. The van der Waals surface area contributed by atoms with E-state index >= 15 is 0 Å². The summed E-state index contributed by atoms with van der Waals surface area (Å²) in [4.78, 5) is 24.9. The minimum atomic E-state index is -0.125. The van der Waals surface area contributed by atoms with Gasteiger partial charge in [0.15, 0.2) is 0 Å². The summed E-state index contributed by atoms with van der Waals surface area (Å²) in [5, 5.41) is 4.02. The van der Waals surface area contributed by atoms with Crippen LogP contribution in [0.5, 0.6) is 5.75 Å². The molecule has 1 atom stereocenters. The van der Waals surface area contributed by atoms with Gasteiger partial charge in [-0.1, -0.05) is 30.3 Å². The number of carbonyl (C=O) groups is 1. The average molecular weight is 469 g/mol. The van der Waals surface area contributed by atoms with Crippen LogP contribution < -0.4 is 10.1 Å². The van der Waals surface area contributed by atoms with Crippen molar-refractivity contribution in [2.45, 2.75) is 6.04 Å². The number of ether oxygens (including phenoxy) is 2. The summed E-state index contributed by atoms with van der Waals surface area (Å²) in [5.41, 5.74) is 4.10. The molecule has 2 aromatic heterocycles. The lowest BCUT2D eigenvalue weighted by Crippen LogP contribution is -2.43. The number of nitrogens with one attached hydrogen (secondary N) is 1. The largest absolute Gasteiger partial charge is 0.497 e. The Labute approximate surface area is 204 Å². The smallest absolute Gasteiger partial charge is 0.252 e. The number of hydrogen-bond donors (Lipinski definition) is 1. The summed E-state index contributed by atoms with van der Waals surface area (Å²) >= 11 is 0. The Bertz CT molecular complexity index is 1290. The number of fused-ring (bicyclic) bond motifs is 1. The predicted octanol–water partition coefficient (Wildman–Crippen LogP) is 4.11. The predicted molar refractivity (Wildman–Crippen MR) is 135 cm³/mol. The first-order chi connectivity index (χ1) is 17.2. The first-order valence-corrected chi connectivity index (χ1v) is 11.8. The first kappa shape index (κ1) is 23.0. The highest BCUT2D eigenvalue weighted by Gasteiger charge is 2.24. The lowest BCUT2D eigenvalue weighted by atomic mass is 10.0. The number of carbonyl (C=O) groups excluding carboxylic acids is 1. The van der Waals surface area contributed by atoms with Gasteiger partial charge in [0.2, 0.25) is 0 Å². The van der Waals surface area contributed by atoms with Crippen LogP contribution in [0.4, 0.5) is 0 Å². The van der Waals surface area contributed by atoms with Crippen molar-refractivity contribution >= 4 is 16.8 Å². The van der Waals surface area contributed by atoms with Crippen molar-refractivity contribution in [3.05, 3.63) is 90.3 Å². The highest BCUT2D eigenvalue weighted by Crippen LogP contribution is 2.26. The molecule has 1 unspecified atom stereocenters. The number of methoxy groups -OCH3 is 1. The number of rotatable bonds is 7. The molecule has 4 aromatic rings. The van der Waals surface area contributed by atoms with Gasteiger partial charge >= 0.3 is 0 Å². The Balaban J connectivity index is 1.43. The van der Waals surface area contributed by atoms with Gasteiger partial charge < -0.3 is 14.8 Å². The maximum Gasteiger partial charge on any atom is 0.252 e. The molecule has 1 amide bonds. The Morgan fingerprint density at radius 2 is 1.89 bits per heavy atom. The zero-order valence-electron chi connectivity index (χ0n) is 19.7. The van der Waals surface area contributed by atoms with Crippen LogP contribution >= 0.6 is 0 Å². The molecule has 178 valence electrons. The van der Waals surface area contributed by atoms with E-state index in [2.05, 4.69) is 27.3 Å². The van der Waals surface area contributed by atoms with Crippen LogP contribution in [0.25, 0.3) is 22.2 Å². The number of pyridine rings is 2. The summed E-state index contributed by atoms with van der Waals surface area (Å²) < 4.78 is 10.9. The van der Waals surface area contributed by atoms with Gasteiger partial charge in [0.05, 0.1) is 43.1 Å². The molecular formula is C28H28N4O3. The van der Waals surface area contributed by atoms with Crippen LogP contribution in [0.2, 0.25) is 0 Å². The van der Waals surface area contributed by atoms with Crippen LogP contribution in [0.15, 0.2) is 79.1 Å². The standard InChI is InChI=1S/C28H28N4O3/c1-34-22-10-8-20(9-11-22)27(32-13-15-35-16-14-32)19-30-28(33)24-17-26(21-5-4-12-29-18-21)31-25-7-3-2-6-23(24)25/h2-12,17-18,27H,13-16,19H2,1H3,(H,30,33). The molecule has 7 nitrogen and oxygen atoms in total. The van der Waals surface area contributed by atoms with Crippen LogP contribution in [-0.4, -0.2) is 60.7 Å². The molecule has 2 aromatic carbocycles. The highest BCUT2D eigenvalue weighted by molar-refractivity contribution is 6.07. The third-order valence-electron chi connectivity index (χ3n) is 6.36. The SMILES string of the molecule is COc1ccc(C(CNC(=O)c2cc(-c3cccnc3)nc3ccccc23)N2CCOCC2)cc1. The fourth-order valence-corrected chi connectivity index (χ4v) is 4.48. The van der Waals surface area contributed by atoms with Crippen molar-refractivity contribution in [3.8, 4) is 17.0 Å². The van der Waals surface area contributed by atoms with Crippen molar-refractivity contribution in [1.82, 2.24) is 20.2 Å². The molecule has 1 fully saturated rings. The molecule has 1 N–H and O–H groups in total. The fraction of sp³-hybridized carbons (Fsp3) is 0.250. The van der Waals surface area contributed by atoms with Crippen molar-refractivity contribution in [2.24, 2.45) is 0 Å². The van der Waals surface area contributed by atoms with Crippen LogP contribution in [-0.2, 0) is 4.74 Å². The van der Waals surface area contributed by atoms with Gasteiger partial charge in [-0.25, -0.2) is 4.98 Å². The highest BCUT2D eigenvalue weighted by atomic mass is 16.5. The van der Waals surface area contributed by atoms with Crippen LogP contribution in [0.1, 0.15) is 22.0 Å². The number of para-hydroxylation sites is 1. The van der Waals surface area contributed by atoms with E-state index in [-0.39, 0.29) is 11.9 Å². The quantitative estimate of drug-likeness (QED) is 0.440. The molecule has 1 aliphatic heterocycles. The molecule has 1 aliphatic rings. The Morgan fingerprint density at radius 3 is 2.63 bits per heavy atom. The average Bonchev–Trinajstić information content (AvgIpc) is 2.94. The molecule has 3 heterocycles. The normalized spacial score (nSPS) is 15.0. The Morgan fingerprint density at radius 1 is 1.09 bits per heavy atom. The number of nitrogens with zero attached hydrogens (tertiary/aromatic N) is 3. The molecule has 7 heteroatoms. The minimum Gasteiger partial charge on any atom is -0.497 e. The van der Waals surface area contributed by atoms with Crippen LogP contribution in [0, 0.1) is 0 Å². The van der Waals surface area contributed by atoms with Crippen molar-refractivity contribution in [3.63, 3.8) is 0 Å². The van der Waals surface area contributed by atoms with Gasteiger partial charge in [-0.3, -0.25) is 14.7 Å². The van der Waals surface area contributed by atoms with Gasteiger partial charge in [0.1, 0.15) is 5.75 Å². The maximum atomic E-state index is 13.5.